The van der Waals surface area contributed by atoms with Gasteiger partial charge >= 0.3 is 0 Å². The van der Waals surface area contributed by atoms with Gasteiger partial charge in [-0.05, 0) is 19.3 Å². The highest BCUT2D eigenvalue weighted by Crippen LogP contribution is 2.58. The van der Waals surface area contributed by atoms with E-state index in [0.29, 0.717) is 13.0 Å². The number of nitrogens with zero attached hydrogens (tertiary/aromatic N) is 1. The summed E-state index contributed by atoms with van der Waals surface area (Å²) >= 11 is 0. The summed E-state index contributed by atoms with van der Waals surface area (Å²) < 4.78 is 26.2. The van der Waals surface area contributed by atoms with Crippen molar-refractivity contribution < 1.29 is 13.2 Å². The Morgan fingerprint density at radius 2 is 2.19 bits per heavy atom. The van der Waals surface area contributed by atoms with Crippen LogP contribution in [0.25, 0.3) is 0 Å². The van der Waals surface area contributed by atoms with E-state index >= 15 is 0 Å². The zero-order valence-corrected chi connectivity index (χ0v) is 9.61. The van der Waals surface area contributed by atoms with Crippen LogP contribution in [0.15, 0.2) is 12.2 Å². The second-order valence-electron chi connectivity index (χ2n) is 5.30. The normalized spacial score (nSPS) is 52.2. The number of Topliss-reactive ketones (excluding diaryl/α,β-unsaturated/α-hetero) is 1. The molecule has 1 spiro atoms. The zero-order chi connectivity index (χ0) is 11.1. The summed E-state index contributed by atoms with van der Waals surface area (Å²) in [5, 5.41) is -0.319. The van der Waals surface area contributed by atoms with Gasteiger partial charge in [0, 0.05) is 18.4 Å². The molecule has 0 N–H and O–H groups in total. The second kappa shape index (κ2) is 2.43. The number of ketones is 1. The van der Waals surface area contributed by atoms with Gasteiger partial charge in [-0.2, -0.15) is 4.31 Å². The molecule has 4 atom stereocenters. The average molecular weight is 239 g/mol. The smallest absolute Gasteiger partial charge is 0.218 e. The predicted molar refractivity (Wildman–Crippen MR) is 57.1 cm³/mol. The molecule has 4 unspecified atom stereocenters. The molecule has 0 aromatic carbocycles. The molecule has 5 rings (SSSR count). The lowest BCUT2D eigenvalue weighted by Crippen LogP contribution is -2.57. The highest BCUT2D eigenvalue weighted by molar-refractivity contribution is 7.90. The largest absolute Gasteiger partial charge is 0.297 e. The van der Waals surface area contributed by atoms with Gasteiger partial charge in [0.15, 0.2) is 5.78 Å². The lowest BCUT2D eigenvalue weighted by atomic mass is 9.62. The first-order valence-electron chi connectivity index (χ1n) is 5.83. The quantitative estimate of drug-likeness (QED) is 0.572. The molecule has 0 aromatic rings. The van der Waals surface area contributed by atoms with Crippen molar-refractivity contribution in [3.63, 3.8) is 0 Å². The lowest BCUT2D eigenvalue weighted by molar-refractivity contribution is -0.134. The third kappa shape index (κ3) is 0.711. The zero-order valence-electron chi connectivity index (χ0n) is 8.80. The predicted octanol–water partition coefficient (Wildman–Crippen LogP) is 0.308. The molecule has 3 fully saturated rings. The van der Waals surface area contributed by atoms with Gasteiger partial charge in [-0.3, -0.25) is 4.79 Å². The minimum Gasteiger partial charge on any atom is -0.297 e. The summed E-state index contributed by atoms with van der Waals surface area (Å²) in [5.41, 5.74) is -0.666. The molecule has 0 amide bonds. The molecule has 0 aromatic heterocycles. The van der Waals surface area contributed by atoms with Crippen LogP contribution in [-0.4, -0.2) is 35.8 Å². The molecule has 2 saturated heterocycles. The summed E-state index contributed by atoms with van der Waals surface area (Å²) in [4.78, 5) is 12.4. The van der Waals surface area contributed by atoms with E-state index in [1.807, 2.05) is 12.2 Å². The Labute approximate surface area is 94.4 Å². The van der Waals surface area contributed by atoms with Crippen LogP contribution < -0.4 is 0 Å². The van der Waals surface area contributed by atoms with Crippen molar-refractivity contribution in [3.05, 3.63) is 12.2 Å². The minimum absolute atomic E-state index is 0.0718. The van der Waals surface area contributed by atoms with Crippen LogP contribution in [0, 0.1) is 11.8 Å². The molecule has 4 nitrogen and oxygen atoms in total. The molecular formula is C11H13NO3S. The van der Waals surface area contributed by atoms with Crippen molar-refractivity contribution in [1.82, 2.24) is 4.31 Å². The second-order valence-corrected chi connectivity index (χ2v) is 7.38. The molecule has 0 radical (unpaired) electrons. The van der Waals surface area contributed by atoms with Gasteiger partial charge < -0.3 is 0 Å². The van der Waals surface area contributed by atoms with Gasteiger partial charge in [0.2, 0.25) is 10.0 Å². The monoisotopic (exact) mass is 239 g/mol. The van der Waals surface area contributed by atoms with E-state index in [9.17, 15) is 13.2 Å². The molecule has 4 bridgehead atoms. The summed E-state index contributed by atoms with van der Waals surface area (Å²) in [6.07, 6.45) is 5.98. The molecular weight excluding hydrogens is 226 g/mol. The van der Waals surface area contributed by atoms with Crippen molar-refractivity contribution in [2.45, 2.75) is 30.1 Å². The van der Waals surface area contributed by atoms with Crippen LogP contribution in [0.4, 0.5) is 0 Å². The molecule has 5 heteroatoms. The van der Waals surface area contributed by atoms with Crippen LogP contribution >= 0.6 is 0 Å². The molecule has 1 saturated carbocycles. The van der Waals surface area contributed by atoms with Gasteiger partial charge in [-0.1, -0.05) is 12.2 Å². The summed E-state index contributed by atoms with van der Waals surface area (Å²) in [5.74, 6) is -0.0554. The van der Waals surface area contributed by atoms with E-state index in [1.165, 1.54) is 4.31 Å². The number of allylic oxidation sites excluding steroid dienone is 1. The number of rotatable bonds is 0. The Morgan fingerprint density at radius 3 is 3.00 bits per heavy atom. The topological polar surface area (TPSA) is 54.5 Å². The first kappa shape index (κ1) is 9.36. The third-order valence-corrected chi connectivity index (χ3v) is 7.18. The summed E-state index contributed by atoms with van der Waals surface area (Å²) in [6, 6.07) is 0. The number of carbonyl (C=O) groups is 1. The van der Waals surface area contributed by atoms with Crippen LogP contribution in [0.2, 0.25) is 0 Å². The van der Waals surface area contributed by atoms with Crippen molar-refractivity contribution in [3.8, 4) is 0 Å². The Hall–Kier alpha value is -0.680. The Bertz CT molecular complexity index is 523. The molecule has 3 aliphatic carbocycles. The van der Waals surface area contributed by atoms with Gasteiger partial charge in [-0.25, -0.2) is 8.42 Å². The third-order valence-electron chi connectivity index (χ3n) is 4.81. The Balaban J connectivity index is 2.06. The maximum atomic E-state index is 12.4. The number of carbonyl (C=O) groups excluding carboxylic acids is 1. The number of hydrogen-bond acceptors (Lipinski definition) is 3. The average Bonchev–Trinajstić information content (AvgIpc) is 2.75. The Morgan fingerprint density at radius 1 is 1.38 bits per heavy atom. The minimum atomic E-state index is -3.21. The standard InChI is InChI=1S/C11H13NO3S/c13-10-7-2-3-8-9(6-7)16(14,15)12-5-1-4-11(8,10)12/h2-3,7-9H,1,4-6H2. The van der Waals surface area contributed by atoms with E-state index in [1.54, 1.807) is 0 Å². The summed E-state index contributed by atoms with van der Waals surface area (Å²) in [6.45, 7) is 0.543. The first-order valence-corrected chi connectivity index (χ1v) is 7.33. The van der Waals surface area contributed by atoms with E-state index in [0.717, 1.165) is 12.8 Å². The molecule has 2 heterocycles. The van der Waals surface area contributed by atoms with Crippen molar-refractivity contribution >= 4 is 15.8 Å². The molecule has 16 heavy (non-hydrogen) atoms. The molecule has 2 aliphatic heterocycles. The fraction of sp³-hybridized carbons (Fsp3) is 0.727. The van der Waals surface area contributed by atoms with Gasteiger partial charge in [0.05, 0.1) is 5.25 Å². The highest BCUT2D eigenvalue weighted by atomic mass is 32.2. The van der Waals surface area contributed by atoms with Crippen molar-refractivity contribution in [1.29, 1.82) is 0 Å². The highest BCUT2D eigenvalue weighted by Gasteiger charge is 2.71. The van der Waals surface area contributed by atoms with Crippen LogP contribution in [0.1, 0.15) is 19.3 Å². The van der Waals surface area contributed by atoms with E-state index < -0.39 is 15.6 Å². The van der Waals surface area contributed by atoms with Gasteiger partial charge in [0.1, 0.15) is 5.54 Å². The van der Waals surface area contributed by atoms with Crippen LogP contribution in [0.3, 0.4) is 0 Å². The number of sulfonamides is 1. The maximum Gasteiger partial charge on any atom is 0.218 e. The fourth-order valence-electron chi connectivity index (χ4n) is 4.22. The van der Waals surface area contributed by atoms with E-state index in [4.69, 9.17) is 0 Å². The van der Waals surface area contributed by atoms with E-state index in [-0.39, 0.29) is 22.9 Å². The van der Waals surface area contributed by atoms with Crippen molar-refractivity contribution in [2.75, 3.05) is 6.54 Å². The van der Waals surface area contributed by atoms with Crippen LogP contribution in [-0.2, 0) is 14.8 Å². The SMILES string of the molecule is O=C1C2C=CC3C(C2)S(=O)(=O)N2CCCC132. The van der Waals surface area contributed by atoms with E-state index in [2.05, 4.69) is 0 Å². The van der Waals surface area contributed by atoms with Gasteiger partial charge in [0.25, 0.3) is 0 Å². The maximum absolute atomic E-state index is 12.4. The molecule has 86 valence electrons. The fourth-order valence-corrected chi connectivity index (χ4v) is 6.82. The first-order chi connectivity index (χ1) is 7.58. The van der Waals surface area contributed by atoms with Gasteiger partial charge in [-0.15, -0.1) is 0 Å². The molecule has 5 aliphatic rings. The van der Waals surface area contributed by atoms with Crippen molar-refractivity contribution in [2.24, 2.45) is 11.8 Å². The Kier molecular flexibility index (Phi) is 1.42. The van der Waals surface area contributed by atoms with Crippen LogP contribution in [0.5, 0.6) is 0 Å². The summed E-state index contributed by atoms with van der Waals surface area (Å²) in [7, 11) is -3.21. The number of hydrogen-bond donors (Lipinski definition) is 0. The lowest BCUT2D eigenvalue weighted by Gasteiger charge is -2.42.